The van der Waals surface area contributed by atoms with Gasteiger partial charge in [0.1, 0.15) is 18.2 Å². The lowest BCUT2D eigenvalue weighted by atomic mass is 9.72. The number of hydrogen-bond donors (Lipinski definition) is 0. The Kier molecular flexibility index (Phi) is 4.34. The van der Waals surface area contributed by atoms with Crippen LogP contribution in [0, 0.1) is 18.3 Å². The molecule has 0 saturated carbocycles. The summed E-state index contributed by atoms with van der Waals surface area (Å²) in [5.74, 6) is 0. The number of benzene rings is 3. The Hall–Kier alpha value is -3.90. The first-order valence-corrected chi connectivity index (χ1v) is 12.1. The topological polar surface area (TPSA) is 40.8 Å². The lowest BCUT2D eigenvalue weighted by Crippen LogP contribution is -2.30. The Labute approximate surface area is 209 Å². The van der Waals surface area contributed by atoms with Gasteiger partial charge in [-0.05, 0) is 72.0 Å². The number of aromatic nitrogens is 1. The largest absolute Gasteiger partial charge is 0.454 e. The Morgan fingerprint density at radius 1 is 1.00 bits per heavy atom. The van der Waals surface area contributed by atoms with Gasteiger partial charge in [-0.15, -0.1) is 0 Å². The molecule has 0 spiro atoms. The summed E-state index contributed by atoms with van der Waals surface area (Å²) in [5.41, 5.74) is 8.52. The highest BCUT2D eigenvalue weighted by Gasteiger charge is 2.29. The number of hydrogen-bond acceptors (Lipinski definition) is 2. The Morgan fingerprint density at radius 2 is 1.77 bits per heavy atom. The Bertz CT molecular complexity index is 1770. The van der Waals surface area contributed by atoms with Gasteiger partial charge >= 0.3 is 0 Å². The first kappa shape index (κ1) is 19.4. The van der Waals surface area contributed by atoms with Gasteiger partial charge in [0.05, 0.1) is 17.2 Å². The molecule has 172 valence electrons. The van der Waals surface area contributed by atoms with Crippen LogP contribution in [-0.4, -0.2) is 0 Å². The van der Waals surface area contributed by atoms with Gasteiger partial charge in [0, 0.05) is 31.2 Å². The van der Waals surface area contributed by atoms with Crippen LogP contribution < -0.4 is 4.57 Å². The fourth-order valence-corrected chi connectivity index (χ4v) is 5.54. The SMILES string of the molecule is [2H]C1([2H])CCC(C)(C)c2cc(-c3c(C#N)ccc4c3oc3c(-c5cccc[n+]5C)c(C)ccc34)ccc21. The van der Waals surface area contributed by atoms with Crippen molar-refractivity contribution in [3.05, 3.63) is 89.1 Å². The first-order chi connectivity index (χ1) is 17.6. The smallest absolute Gasteiger partial charge is 0.216 e. The third-order valence-corrected chi connectivity index (χ3v) is 7.55. The third kappa shape index (κ3) is 3.28. The Morgan fingerprint density at radius 3 is 2.54 bits per heavy atom. The van der Waals surface area contributed by atoms with Gasteiger partial charge in [-0.3, -0.25) is 0 Å². The molecule has 1 aliphatic carbocycles. The number of furan rings is 1. The number of nitriles is 1. The van der Waals surface area contributed by atoms with E-state index in [1.807, 2.05) is 49.6 Å². The minimum atomic E-state index is -1.36. The van der Waals surface area contributed by atoms with Crippen LogP contribution in [-0.2, 0) is 18.8 Å². The summed E-state index contributed by atoms with van der Waals surface area (Å²) in [5, 5.41) is 12.1. The van der Waals surface area contributed by atoms with Gasteiger partial charge in [0.25, 0.3) is 0 Å². The van der Waals surface area contributed by atoms with Crippen LogP contribution in [0.5, 0.6) is 0 Å². The molecule has 0 atom stereocenters. The Balaban J connectivity index is 1.68. The fourth-order valence-electron chi connectivity index (χ4n) is 5.54. The van der Waals surface area contributed by atoms with Crippen LogP contribution in [0.15, 0.2) is 71.3 Å². The molecule has 2 aromatic heterocycles. The highest BCUT2D eigenvalue weighted by atomic mass is 16.3. The van der Waals surface area contributed by atoms with E-state index in [0.29, 0.717) is 17.6 Å². The van der Waals surface area contributed by atoms with Crippen molar-refractivity contribution in [1.82, 2.24) is 0 Å². The quantitative estimate of drug-likeness (QED) is 0.256. The molecule has 3 nitrogen and oxygen atoms in total. The number of pyridine rings is 1. The van der Waals surface area contributed by atoms with Crippen LogP contribution >= 0.6 is 0 Å². The zero-order chi connectivity index (χ0) is 26.1. The van der Waals surface area contributed by atoms with E-state index in [2.05, 4.69) is 55.7 Å². The van der Waals surface area contributed by atoms with Gasteiger partial charge < -0.3 is 4.42 Å². The molecule has 0 unspecified atom stereocenters. The zero-order valence-electron chi connectivity index (χ0n) is 22.6. The standard InChI is InChI=1S/C32H29N2O/c1-20-10-14-24-25-15-13-23(19-33)29(22-12-11-21-8-7-16-32(2,3)26(21)18-22)31(25)35-30(24)28(20)27-9-5-6-17-34(27)4/h5-6,9-15,17-18H,7-8,16H2,1-4H3/q+1/i8D2. The number of rotatable bonds is 2. The van der Waals surface area contributed by atoms with E-state index in [-0.39, 0.29) is 5.41 Å². The second-order valence-electron chi connectivity index (χ2n) is 10.2. The van der Waals surface area contributed by atoms with Crippen LogP contribution in [0.1, 0.15) is 51.7 Å². The number of fused-ring (bicyclic) bond motifs is 4. The van der Waals surface area contributed by atoms with Crippen molar-refractivity contribution >= 4 is 21.9 Å². The summed E-state index contributed by atoms with van der Waals surface area (Å²) in [7, 11) is 2.03. The van der Waals surface area contributed by atoms with Crippen LogP contribution in [0.3, 0.4) is 0 Å². The maximum Gasteiger partial charge on any atom is 0.216 e. The molecule has 0 amide bonds. The maximum atomic E-state index is 10.1. The van der Waals surface area contributed by atoms with Gasteiger partial charge in [-0.1, -0.05) is 44.2 Å². The fraction of sp³-hybridized carbons (Fsp3) is 0.250. The monoisotopic (exact) mass is 459 g/mol. The highest BCUT2D eigenvalue weighted by molar-refractivity contribution is 6.14. The second kappa shape index (κ2) is 7.82. The molecule has 0 aliphatic heterocycles. The van der Waals surface area contributed by atoms with E-state index < -0.39 is 6.37 Å². The van der Waals surface area contributed by atoms with Crippen LogP contribution in [0.4, 0.5) is 0 Å². The van der Waals surface area contributed by atoms with Crippen molar-refractivity contribution in [2.75, 3.05) is 0 Å². The van der Waals surface area contributed by atoms with E-state index in [1.54, 1.807) is 0 Å². The van der Waals surface area contributed by atoms with Crippen molar-refractivity contribution in [2.45, 2.75) is 45.4 Å². The molecule has 6 rings (SSSR count). The van der Waals surface area contributed by atoms with Gasteiger partial charge in [0.2, 0.25) is 5.69 Å². The average Bonchev–Trinajstić information content (AvgIpc) is 3.25. The predicted octanol–water partition coefficient (Wildman–Crippen LogP) is 7.54. The van der Waals surface area contributed by atoms with Crippen molar-refractivity contribution < 1.29 is 11.7 Å². The molecule has 35 heavy (non-hydrogen) atoms. The molecule has 3 heteroatoms. The summed E-state index contributed by atoms with van der Waals surface area (Å²) in [6, 6.07) is 22.5. The van der Waals surface area contributed by atoms with Gasteiger partial charge in [-0.2, -0.15) is 5.26 Å². The molecule has 5 aromatic rings. The van der Waals surface area contributed by atoms with Crippen molar-refractivity contribution in [3.63, 3.8) is 0 Å². The number of aryl methyl sites for hydroxylation is 3. The summed E-state index contributed by atoms with van der Waals surface area (Å²) in [6.07, 6.45) is 1.95. The van der Waals surface area contributed by atoms with Crippen molar-refractivity contribution in [3.8, 4) is 28.5 Å². The van der Waals surface area contributed by atoms with Gasteiger partial charge in [-0.25, -0.2) is 4.57 Å². The summed E-state index contributed by atoms with van der Waals surface area (Å²) < 4.78 is 26.0. The molecule has 0 bridgehead atoms. The molecule has 0 saturated heterocycles. The summed E-state index contributed by atoms with van der Waals surface area (Å²) in [6.45, 7) is 6.44. The van der Waals surface area contributed by atoms with E-state index in [0.717, 1.165) is 61.9 Å². The zero-order valence-corrected chi connectivity index (χ0v) is 20.6. The molecule has 0 fully saturated rings. The predicted molar refractivity (Wildman–Crippen MR) is 141 cm³/mol. The molecule has 0 radical (unpaired) electrons. The lowest BCUT2D eigenvalue weighted by Gasteiger charge is -2.33. The van der Waals surface area contributed by atoms with Crippen molar-refractivity contribution in [1.29, 1.82) is 5.26 Å². The van der Waals surface area contributed by atoms with E-state index in [1.165, 1.54) is 0 Å². The summed E-state index contributed by atoms with van der Waals surface area (Å²) in [4.78, 5) is 0. The molecule has 0 N–H and O–H groups in total. The minimum Gasteiger partial charge on any atom is -0.454 e. The molecule has 2 heterocycles. The molecular formula is C32H29N2O+. The summed E-state index contributed by atoms with van der Waals surface area (Å²) >= 11 is 0. The maximum absolute atomic E-state index is 10.1. The van der Waals surface area contributed by atoms with E-state index >= 15 is 0 Å². The average molecular weight is 460 g/mol. The minimum absolute atomic E-state index is 0.155. The van der Waals surface area contributed by atoms with Crippen LogP contribution in [0.25, 0.3) is 44.3 Å². The van der Waals surface area contributed by atoms with E-state index in [9.17, 15) is 5.26 Å². The molecule has 1 aliphatic rings. The molecular weight excluding hydrogens is 428 g/mol. The van der Waals surface area contributed by atoms with Crippen molar-refractivity contribution in [2.24, 2.45) is 7.05 Å². The van der Waals surface area contributed by atoms with Gasteiger partial charge in [0.15, 0.2) is 6.20 Å². The molecule has 3 aromatic carbocycles. The lowest BCUT2D eigenvalue weighted by molar-refractivity contribution is -0.660. The number of nitrogens with zero attached hydrogens (tertiary/aromatic N) is 2. The third-order valence-electron chi connectivity index (χ3n) is 7.55. The first-order valence-electron chi connectivity index (χ1n) is 13.1. The second-order valence-corrected chi connectivity index (χ2v) is 10.2. The van der Waals surface area contributed by atoms with E-state index in [4.69, 9.17) is 7.16 Å². The van der Waals surface area contributed by atoms with Crippen LogP contribution in [0.2, 0.25) is 0 Å². The highest BCUT2D eigenvalue weighted by Crippen LogP contribution is 2.44. The normalized spacial score (nSPS) is 17.0.